The van der Waals surface area contributed by atoms with E-state index in [0.717, 1.165) is 4.90 Å². The minimum Gasteiger partial charge on any atom is -0.322 e. The van der Waals surface area contributed by atoms with Crippen LogP contribution in [0.2, 0.25) is 0 Å². The maximum absolute atomic E-state index is 12.3. The van der Waals surface area contributed by atoms with Crippen LogP contribution in [0, 0.1) is 0 Å². The number of nitrogens with zero attached hydrogens (tertiary/aromatic N) is 4. The number of urea groups is 1. The number of amidine groups is 1. The summed E-state index contributed by atoms with van der Waals surface area (Å²) in [5.74, 6) is -0.373. The number of fused-ring (bicyclic) bond motifs is 2. The van der Waals surface area contributed by atoms with Crippen molar-refractivity contribution < 1.29 is 19.0 Å². The summed E-state index contributed by atoms with van der Waals surface area (Å²) in [6, 6.07) is 12.6. The molecule has 4 amide bonds. The molecule has 0 aliphatic carbocycles. The number of amides is 4. The van der Waals surface area contributed by atoms with Crippen LogP contribution in [0.5, 0.6) is 0 Å². The topological polar surface area (TPSA) is 94.2 Å². The number of benzene rings is 2. The standard InChI is InChI=1S/C19H15N5O3/c1-23-16-15(18(26)24(2)19(23)27)21-13-9-8-12(10-14(13)22-16)20-17(25)11-6-4-3-5-7-11/h3-10,15H,1-2H3/p+1. The predicted octanol–water partition coefficient (Wildman–Crippen LogP) is 0.193. The number of anilines is 1. The third-order valence-corrected chi connectivity index (χ3v) is 4.50. The zero-order valence-electron chi connectivity index (χ0n) is 14.7. The zero-order chi connectivity index (χ0) is 19.1. The smallest absolute Gasteiger partial charge is 0.322 e. The minimum atomic E-state index is -0.838. The van der Waals surface area contributed by atoms with Crippen LogP contribution >= 0.6 is 0 Å². The van der Waals surface area contributed by atoms with Crippen LogP contribution in [0.4, 0.5) is 10.5 Å². The van der Waals surface area contributed by atoms with Gasteiger partial charge in [0.1, 0.15) is 5.36 Å². The van der Waals surface area contributed by atoms with E-state index < -0.39 is 18.0 Å². The van der Waals surface area contributed by atoms with Crippen LogP contribution in [0.3, 0.4) is 0 Å². The predicted molar refractivity (Wildman–Crippen MR) is 96.3 cm³/mol. The molecule has 0 spiro atoms. The number of hydrogen-bond acceptors (Lipinski definition) is 5. The van der Waals surface area contributed by atoms with E-state index >= 15 is 0 Å². The molecule has 8 nitrogen and oxygen atoms in total. The van der Waals surface area contributed by atoms with Gasteiger partial charge in [-0.25, -0.2) is 4.79 Å². The van der Waals surface area contributed by atoms with Crippen molar-refractivity contribution >= 4 is 29.4 Å². The first-order chi connectivity index (χ1) is 13.0. The summed E-state index contributed by atoms with van der Waals surface area (Å²) in [5.41, 5.74) is 1.09. The first-order valence-corrected chi connectivity index (χ1v) is 8.31. The molecule has 8 heteroatoms. The molecule has 1 N–H and O–H groups in total. The fourth-order valence-electron chi connectivity index (χ4n) is 3.00. The number of carbonyl (C=O) groups is 3. The molecule has 0 saturated heterocycles. The van der Waals surface area contributed by atoms with Gasteiger partial charge in [-0.05, 0) is 24.3 Å². The van der Waals surface area contributed by atoms with Crippen molar-refractivity contribution in [3.05, 3.63) is 64.8 Å². The van der Waals surface area contributed by atoms with E-state index in [0.29, 0.717) is 22.0 Å². The Labute approximate surface area is 154 Å². The van der Waals surface area contributed by atoms with Crippen LogP contribution in [0.15, 0.2) is 58.5 Å². The Morgan fingerprint density at radius 2 is 1.85 bits per heavy atom. The van der Waals surface area contributed by atoms with Crippen LogP contribution in [0.1, 0.15) is 10.4 Å². The molecule has 4 rings (SSSR count). The summed E-state index contributed by atoms with van der Waals surface area (Å²) in [6.07, 6.45) is 0. The molecular weight excluding hydrogens is 346 g/mol. The lowest BCUT2D eigenvalue weighted by Gasteiger charge is -2.22. The molecule has 27 heavy (non-hydrogen) atoms. The molecule has 2 aliphatic rings. The van der Waals surface area contributed by atoms with Crippen molar-refractivity contribution in [1.82, 2.24) is 4.90 Å². The second-order valence-corrected chi connectivity index (χ2v) is 6.26. The first-order valence-electron chi connectivity index (χ1n) is 8.31. The minimum absolute atomic E-state index is 0.240. The van der Waals surface area contributed by atoms with Gasteiger partial charge < -0.3 is 5.32 Å². The quantitative estimate of drug-likeness (QED) is 0.773. The van der Waals surface area contributed by atoms with Gasteiger partial charge >= 0.3 is 11.9 Å². The second kappa shape index (κ2) is 6.24. The monoisotopic (exact) mass is 362 g/mol. The van der Waals surface area contributed by atoms with E-state index in [1.165, 1.54) is 11.6 Å². The lowest BCUT2D eigenvalue weighted by Crippen LogP contribution is -2.56. The molecule has 1 atom stereocenters. The van der Waals surface area contributed by atoms with Gasteiger partial charge in [-0.15, -0.1) is 4.99 Å². The van der Waals surface area contributed by atoms with Crippen molar-refractivity contribution in [1.29, 1.82) is 0 Å². The van der Waals surface area contributed by atoms with Gasteiger partial charge in [-0.2, -0.15) is 9.48 Å². The van der Waals surface area contributed by atoms with Crippen molar-refractivity contribution in [2.24, 2.45) is 9.98 Å². The Kier molecular flexibility index (Phi) is 3.88. The lowest BCUT2D eigenvalue weighted by molar-refractivity contribution is -0.406. The van der Waals surface area contributed by atoms with Crippen LogP contribution in [0.25, 0.3) is 0 Å². The maximum atomic E-state index is 12.3. The Morgan fingerprint density at radius 3 is 2.59 bits per heavy atom. The van der Waals surface area contributed by atoms with E-state index in [-0.39, 0.29) is 11.7 Å². The molecule has 1 unspecified atom stereocenters. The Bertz CT molecular complexity index is 1140. The van der Waals surface area contributed by atoms with Gasteiger partial charge in [0.05, 0.1) is 14.1 Å². The summed E-state index contributed by atoms with van der Waals surface area (Å²) in [6.45, 7) is 0. The fourth-order valence-corrected chi connectivity index (χ4v) is 3.00. The molecule has 0 aromatic heterocycles. The molecule has 0 bridgehead atoms. The van der Waals surface area contributed by atoms with Crippen LogP contribution in [-0.2, 0) is 4.79 Å². The van der Waals surface area contributed by atoms with Gasteiger partial charge in [-0.1, -0.05) is 18.2 Å². The van der Waals surface area contributed by atoms with Crippen molar-refractivity contribution in [3.63, 3.8) is 0 Å². The van der Waals surface area contributed by atoms with E-state index in [4.69, 9.17) is 0 Å². The molecule has 2 aromatic rings. The average molecular weight is 362 g/mol. The number of likely N-dealkylation sites (N-methyl/N-ethyl adjacent to an activating group) is 1. The average Bonchev–Trinajstić information content (AvgIpc) is 2.70. The molecule has 0 radical (unpaired) electrons. The summed E-state index contributed by atoms with van der Waals surface area (Å²) >= 11 is 0. The highest BCUT2D eigenvalue weighted by atomic mass is 16.2. The molecular formula is C19H16N5O3+. The first kappa shape index (κ1) is 16.8. The van der Waals surface area contributed by atoms with E-state index in [9.17, 15) is 14.4 Å². The number of nitrogens with one attached hydrogen (secondary N) is 1. The second-order valence-electron chi connectivity index (χ2n) is 6.26. The Balaban J connectivity index is 1.73. The lowest BCUT2D eigenvalue weighted by atomic mass is 10.1. The maximum Gasteiger partial charge on any atom is 0.445 e. The molecule has 2 heterocycles. The normalized spacial score (nSPS) is 18.3. The highest BCUT2D eigenvalue weighted by Crippen LogP contribution is 2.12. The van der Waals surface area contributed by atoms with Crippen LogP contribution < -0.4 is 16.0 Å². The highest BCUT2D eigenvalue weighted by Gasteiger charge is 2.45. The fraction of sp³-hybridized carbons (Fsp3) is 0.158. The van der Waals surface area contributed by atoms with Gasteiger partial charge in [0.15, 0.2) is 5.36 Å². The molecule has 0 saturated carbocycles. The Morgan fingerprint density at radius 1 is 1.11 bits per heavy atom. The zero-order valence-corrected chi connectivity index (χ0v) is 14.7. The van der Waals surface area contributed by atoms with Gasteiger partial charge in [-0.3, -0.25) is 14.6 Å². The van der Waals surface area contributed by atoms with E-state index in [2.05, 4.69) is 15.3 Å². The molecule has 134 valence electrons. The van der Waals surface area contributed by atoms with Gasteiger partial charge in [0.2, 0.25) is 6.04 Å². The number of rotatable bonds is 2. The SMILES string of the molecule is CN1C(=O)C2N=c3ccc(NC(=O)c4ccccc4)cc3=NC2=[N+](C)C1=O. The number of carbonyl (C=O) groups excluding carboxylic acids is 3. The van der Waals surface area contributed by atoms with E-state index in [1.807, 2.05) is 6.07 Å². The Hall–Kier alpha value is -3.68. The van der Waals surface area contributed by atoms with E-state index in [1.54, 1.807) is 49.5 Å². The summed E-state index contributed by atoms with van der Waals surface area (Å²) in [4.78, 5) is 46.7. The van der Waals surface area contributed by atoms with Crippen molar-refractivity contribution in [3.8, 4) is 0 Å². The molecule has 2 aromatic carbocycles. The van der Waals surface area contributed by atoms with Gasteiger partial charge in [0.25, 0.3) is 11.7 Å². The van der Waals surface area contributed by atoms with Crippen molar-refractivity contribution in [2.75, 3.05) is 19.4 Å². The third-order valence-electron chi connectivity index (χ3n) is 4.50. The summed E-state index contributed by atoms with van der Waals surface area (Å²) < 4.78 is 1.31. The number of hydrogen-bond donors (Lipinski definition) is 1. The van der Waals surface area contributed by atoms with Gasteiger partial charge in [0, 0.05) is 17.3 Å². The molecule has 0 fully saturated rings. The highest BCUT2D eigenvalue weighted by molar-refractivity contribution is 6.13. The number of imide groups is 1. The van der Waals surface area contributed by atoms with Crippen LogP contribution in [-0.4, -0.2) is 53.3 Å². The summed E-state index contributed by atoms with van der Waals surface area (Å²) in [7, 11) is 2.98. The van der Waals surface area contributed by atoms with Crippen molar-refractivity contribution in [2.45, 2.75) is 6.04 Å². The third kappa shape index (κ3) is 2.80. The largest absolute Gasteiger partial charge is 0.445 e. The summed E-state index contributed by atoms with van der Waals surface area (Å²) in [5, 5.41) is 3.83. The molecule has 2 aliphatic heterocycles.